The molecule has 1 aromatic rings. The number of aliphatic imine (C=N–C) groups is 1. The molecule has 27 heavy (non-hydrogen) atoms. The molecule has 0 radical (unpaired) electrons. The van der Waals surface area contributed by atoms with Gasteiger partial charge in [0.05, 0.1) is 12.3 Å². The molecular formula is C20H37N5O2. The first-order valence-corrected chi connectivity index (χ1v) is 10.1. The Morgan fingerprint density at radius 1 is 1.30 bits per heavy atom. The number of ether oxygens (including phenoxy) is 1. The van der Waals surface area contributed by atoms with E-state index in [0.717, 1.165) is 64.0 Å². The molecule has 1 aliphatic heterocycles. The van der Waals surface area contributed by atoms with Crippen LogP contribution in [-0.4, -0.2) is 82.8 Å². The molecule has 0 spiro atoms. The standard InChI is InChI=1S/C20H37N5O2/c1-21-20(22-10-14-24(2)11-8-15-26-3)23-17-18(19-9-7-16-27-19)25-12-5-4-6-13-25/h7,9,16,18H,4-6,8,10-15,17H2,1-3H3,(H2,21,22,23). The summed E-state index contributed by atoms with van der Waals surface area (Å²) < 4.78 is 10.8. The van der Waals surface area contributed by atoms with Crippen molar-refractivity contribution in [1.82, 2.24) is 20.4 Å². The molecule has 0 aliphatic carbocycles. The van der Waals surface area contributed by atoms with Gasteiger partial charge in [-0.2, -0.15) is 0 Å². The van der Waals surface area contributed by atoms with E-state index < -0.39 is 0 Å². The van der Waals surface area contributed by atoms with Gasteiger partial charge in [0.2, 0.25) is 0 Å². The van der Waals surface area contributed by atoms with Crippen molar-refractivity contribution in [2.45, 2.75) is 31.7 Å². The molecule has 0 aromatic carbocycles. The molecule has 7 heteroatoms. The summed E-state index contributed by atoms with van der Waals surface area (Å²) >= 11 is 0. The zero-order valence-corrected chi connectivity index (χ0v) is 17.2. The molecule has 7 nitrogen and oxygen atoms in total. The minimum atomic E-state index is 0.246. The van der Waals surface area contributed by atoms with Crippen LogP contribution in [0.15, 0.2) is 27.8 Å². The quantitative estimate of drug-likeness (QED) is 0.348. The van der Waals surface area contributed by atoms with Crippen LogP contribution in [0.25, 0.3) is 0 Å². The second-order valence-corrected chi connectivity index (χ2v) is 7.16. The first kappa shape index (κ1) is 21.7. The Kier molecular flexibility index (Phi) is 10.3. The number of hydrogen-bond acceptors (Lipinski definition) is 5. The smallest absolute Gasteiger partial charge is 0.191 e. The first-order valence-electron chi connectivity index (χ1n) is 10.1. The molecule has 1 saturated heterocycles. The van der Waals surface area contributed by atoms with Gasteiger partial charge in [-0.05, 0) is 51.5 Å². The van der Waals surface area contributed by atoms with Gasteiger partial charge < -0.3 is 24.7 Å². The molecular weight excluding hydrogens is 342 g/mol. The molecule has 1 unspecified atom stereocenters. The Morgan fingerprint density at radius 2 is 2.11 bits per heavy atom. The van der Waals surface area contributed by atoms with Crippen molar-refractivity contribution >= 4 is 5.96 Å². The van der Waals surface area contributed by atoms with E-state index in [4.69, 9.17) is 9.15 Å². The Bertz CT molecular complexity index is 514. The fourth-order valence-electron chi connectivity index (χ4n) is 3.49. The summed E-state index contributed by atoms with van der Waals surface area (Å²) in [5.74, 6) is 1.87. The van der Waals surface area contributed by atoms with Crippen LogP contribution >= 0.6 is 0 Å². The highest BCUT2D eigenvalue weighted by atomic mass is 16.5. The summed E-state index contributed by atoms with van der Waals surface area (Å²) in [7, 11) is 5.70. The van der Waals surface area contributed by atoms with Gasteiger partial charge in [-0.1, -0.05) is 6.42 Å². The Morgan fingerprint density at radius 3 is 2.78 bits per heavy atom. The van der Waals surface area contributed by atoms with Crippen LogP contribution in [0.3, 0.4) is 0 Å². The summed E-state index contributed by atoms with van der Waals surface area (Å²) in [6, 6.07) is 4.29. The van der Waals surface area contributed by atoms with Crippen molar-refractivity contribution in [2.24, 2.45) is 4.99 Å². The average Bonchev–Trinajstić information content (AvgIpc) is 3.22. The van der Waals surface area contributed by atoms with Gasteiger partial charge in [0.15, 0.2) is 5.96 Å². The molecule has 2 rings (SSSR count). The van der Waals surface area contributed by atoms with E-state index in [-0.39, 0.29) is 6.04 Å². The third-order valence-electron chi connectivity index (χ3n) is 5.06. The molecule has 0 bridgehead atoms. The molecule has 2 heterocycles. The van der Waals surface area contributed by atoms with Crippen molar-refractivity contribution in [3.63, 3.8) is 0 Å². The van der Waals surface area contributed by atoms with Crippen LogP contribution < -0.4 is 10.6 Å². The van der Waals surface area contributed by atoms with Crippen LogP contribution in [-0.2, 0) is 4.74 Å². The van der Waals surface area contributed by atoms with Gasteiger partial charge in [0, 0.05) is 46.9 Å². The second-order valence-electron chi connectivity index (χ2n) is 7.16. The normalized spacial score (nSPS) is 17.3. The largest absolute Gasteiger partial charge is 0.468 e. The molecule has 1 atom stereocenters. The zero-order valence-electron chi connectivity index (χ0n) is 17.2. The lowest BCUT2D eigenvalue weighted by Gasteiger charge is -2.33. The molecule has 1 fully saturated rings. The SMILES string of the molecule is CN=C(NCCN(C)CCCOC)NCC(c1ccco1)N1CCCCC1. The number of piperidine rings is 1. The summed E-state index contributed by atoms with van der Waals surface area (Å²) in [6.45, 7) is 6.73. The Labute approximate surface area is 164 Å². The highest BCUT2D eigenvalue weighted by Gasteiger charge is 2.24. The van der Waals surface area contributed by atoms with Gasteiger partial charge in [0.1, 0.15) is 5.76 Å². The number of nitrogens with zero attached hydrogens (tertiary/aromatic N) is 3. The number of hydrogen-bond donors (Lipinski definition) is 2. The van der Waals surface area contributed by atoms with E-state index in [9.17, 15) is 0 Å². The topological polar surface area (TPSA) is 65.3 Å². The molecule has 0 saturated carbocycles. The summed E-state index contributed by atoms with van der Waals surface area (Å²) in [5, 5.41) is 6.89. The van der Waals surface area contributed by atoms with E-state index in [0.29, 0.717) is 0 Å². The van der Waals surface area contributed by atoms with E-state index in [1.54, 1.807) is 13.4 Å². The third kappa shape index (κ3) is 7.91. The highest BCUT2D eigenvalue weighted by molar-refractivity contribution is 5.79. The summed E-state index contributed by atoms with van der Waals surface area (Å²) in [6.07, 6.45) is 6.68. The van der Waals surface area contributed by atoms with Crippen LogP contribution in [0.5, 0.6) is 0 Å². The fourth-order valence-corrected chi connectivity index (χ4v) is 3.49. The maximum absolute atomic E-state index is 5.72. The lowest BCUT2D eigenvalue weighted by atomic mass is 10.1. The number of methoxy groups -OCH3 is 1. The molecule has 0 amide bonds. The molecule has 2 N–H and O–H groups in total. The molecule has 1 aliphatic rings. The number of rotatable bonds is 11. The summed E-state index contributed by atoms with van der Waals surface area (Å²) in [4.78, 5) is 9.19. The van der Waals surface area contributed by atoms with Gasteiger partial charge in [-0.15, -0.1) is 0 Å². The van der Waals surface area contributed by atoms with Crippen LogP contribution in [0.1, 0.15) is 37.5 Å². The predicted octanol–water partition coefficient (Wildman–Crippen LogP) is 1.94. The fraction of sp³-hybridized carbons (Fsp3) is 0.750. The van der Waals surface area contributed by atoms with Crippen LogP contribution in [0, 0.1) is 0 Å². The van der Waals surface area contributed by atoms with E-state index >= 15 is 0 Å². The van der Waals surface area contributed by atoms with Crippen molar-refractivity contribution < 1.29 is 9.15 Å². The summed E-state index contributed by atoms with van der Waals surface area (Å²) in [5.41, 5.74) is 0. The van der Waals surface area contributed by atoms with E-state index in [1.807, 2.05) is 13.1 Å². The van der Waals surface area contributed by atoms with E-state index in [1.165, 1.54) is 19.3 Å². The first-order chi connectivity index (χ1) is 13.2. The lowest BCUT2D eigenvalue weighted by molar-refractivity contribution is 0.146. The van der Waals surface area contributed by atoms with Crippen molar-refractivity contribution in [1.29, 1.82) is 0 Å². The van der Waals surface area contributed by atoms with Crippen molar-refractivity contribution in [3.05, 3.63) is 24.2 Å². The van der Waals surface area contributed by atoms with Gasteiger partial charge in [0.25, 0.3) is 0 Å². The van der Waals surface area contributed by atoms with Crippen molar-refractivity contribution in [3.8, 4) is 0 Å². The minimum Gasteiger partial charge on any atom is -0.468 e. The second kappa shape index (κ2) is 12.8. The van der Waals surface area contributed by atoms with Crippen LogP contribution in [0.2, 0.25) is 0 Å². The van der Waals surface area contributed by atoms with Crippen molar-refractivity contribution in [2.75, 3.05) is 67.1 Å². The van der Waals surface area contributed by atoms with Crippen LogP contribution in [0.4, 0.5) is 0 Å². The monoisotopic (exact) mass is 379 g/mol. The van der Waals surface area contributed by atoms with Gasteiger partial charge in [-0.25, -0.2) is 0 Å². The van der Waals surface area contributed by atoms with Gasteiger partial charge >= 0.3 is 0 Å². The predicted molar refractivity (Wildman–Crippen MR) is 110 cm³/mol. The maximum atomic E-state index is 5.72. The molecule has 1 aromatic heterocycles. The highest BCUT2D eigenvalue weighted by Crippen LogP contribution is 2.24. The van der Waals surface area contributed by atoms with E-state index in [2.05, 4.69) is 38.5 Å². The maximum Gasteiger partial charge on any atom is 0.191 e. The minimum absolute atomic E-state index is 0.246. The number of likely N-dealkylation sites (N-methyl/N-ethyl adjacent to an activating group) is 1. The average molecular weight is 380 g/mol. The lowest BCUT2D eigenvalue weighted by Crippen LogP contribution is -2.45. The molecule has 154 valence electrons. The van der Waals surface area contributed by atoms with Gasteiger partial charge in [-0.3, -0.25) is 9.89 Å². The number of furan rings is 1. The third-order valence-corrected chi connectivity index (χ3v) is 5.06. The number of likely N-dealkylation sites (tertiary alicyclic amines) is 1. The number of nitrogens with one attached hydrogen (secondary N) is 2. The zero-order chi connectivity index (χ0) is 19.3. The Hall–Kier alpha value is -1.57. The Balaban J connectivity index is 1.76. The number of guanidine groups is 1.